The summed E-state index contributed by atoms with van der Waals surface area (Å²) in [5.74, 6) is 2.28. The predicted octanol–water partition coefficient (Wildman–Crippen LogP) is 2.54. The fraction of sp³-hybridized carbons (Fsp3) is 0.438. The van der Waals surface area contributed by atoms with Crippen molar-refractivity contribution in [1.82, 2.24) is 19.9 Å². The van der Waals surface area contributed by atoms with Crippen LogP contribution in [-0.4, -0.2) is 26.5 Å². The quantitative estimate of drug-likeness (QED) is 0.448. The van der Waals surface area contributed by atoms with Gasteiger partial charge in [-0.3, -0.25) is 4.57 Å². The monoisotopic (exact) mass is 426 g/mol. The Bertz CT molecular complexity index is 660. The number of hydrogen-bond donors (Lipinski definition) is 2. The van der Waals surface area contributed by atoms with Gasteiger partial charge in [0, 0.05) is 30.2 Å². The number of pyridine rings is 1. The first-order valence-corrected chi connectivity index (χ1v) is 7.74. The fourth-order valence-corrected chi connectivity index (χ4v) is 2.87. The molecule has 3 N–H and O–H groups in total. The Hall–Kier alpha value is -1.64. The van der Waals surface area contributed by atoms with Gasteiger partial charge < -0.3 is 11.1 Å². The second kappa shape index (κ2) is 8.28. The van der Waals surface area contributed by atoms with E-state index in [0.717, 1.165) is 17.2 Å². The molecule has 2 heterocycles. The zero-order valence-electron chi connectivity index (χ0n) is 13.3. The Balaban J connectivity index is 0.00000192. The van der Waals surface area contributed by atoms with Gasteiger partial charge in [0.05, 0.1) is 6.54 Å². The maximum absolute atomic E-state index is 6.00. The Morgan fingerprint density at radius 3 is 2.83 bits per heavy atom. The van der Waals surface area contributed by atoms with Gasteiger partial charge >= 0.3 is 0 Å². The summed E-state index contributed by atoms with van der Waals surface area (Å²) in [6.45, 7) is 2.46. The summed E-state index contributed by atoms with van der Waals surface area (Å²) in [4.78, 5) is 13.2. The molecule has 1 aliphatic carbocycles. The Kier molecular flexibility index (Phi) is 6.37. The van der Waals surface area contributed by atoms with E-state index in [1.807, 2.05) is 29.8 Å². The third-order valence-corrected chi connectivity index (χ3v) is 4.05. The highest BCUT2D eigenvalue weighted by Gasteiger charge is 2.15. The molecule has 2 aromatic heterocycles. The largest absolute Gasteiger partial charge is 0.370 e. The van der Waals surface area contributed by atoms with Crippen molar-refractivity contribution in [1.29, 1.82) is 0 Å². The predicted molar refractivity (Wildman–Crippen MR) is 102 cm³/mol. The van der Waals surface area contributed by atoms with Crippen molar-refractivity contribution < 1.29 is 0 Å². The van der Waals surface area contributed by atoms with Crippen LogP contribution in [0.15, 0.2) is 35.7 Å². The zero-order chi connectivity index (χ0) is 15.4. The highest BCUT2D eigenvalue weighted by Crippen LogP contribution is 2.17. The van der Waals surface area contributed by atoms with Crippen LogP contribution in [0.1, 0.15) is 37.1 Å². The first-order chi connectivity index (χ1) is 10.7. The Morgan fingerprint density at radius 1 is 1.35 bits per heavy atom. The van der Waals surface area contributed by atoms with Gasteiger partial charge in [-0.2, -0.15) is 0 Å². The molecule has 3 rings (SSSR count). The van der Waals surface area contributed by atoms with E-state index in [-0.39, 0.29) is 24.0 Å². The molecule has 0 bridgehead atoms. The molecular formula is C16H23IN6. The zero-order valence-corrected chi connectivity index (χ0v) is 15.6. The number of guanidine groups is 1. The lowest BCUT2D eigenvalue weighted by Gasteiger charge is -2.13. The number of aryl methyl sites for hydroxylation is 1. The molecule has 0 saturated heterocycles. The van der Waals surface area contributed by atoms with Crippen LogP contribution in [0.25, 0.3) is 5.82 Å². The molecule has 0 spiro atoms. The number of halogens is 1. The molecule has 0 unspecified atom stereocenters. The van der Waals surface area contributed by atoms with E-state index >= 15 is 0 Å². The summed E-state index contributed by atoms with van der Waals surface area (Å²) in [6, 6.07) is 4.42. The Labute approximate surface area is 153 Å². The number of imidazole rings is 1. The molecule has 1 saturated carbocycles. The van der Waals surface area contributed by atoms with Crippen LogP contribution in [0.3, 0.4) is 0 Å². The second-order valence-corrected chi connectivity index (χ2v) is 5.66. The highest BCUT2D eigenvalue weighted by atomic mass is 127. The van der Waals surface area contributed by atoms with Crippen LogP contribution < -0.4 is 11.1 Å². The van der Waals surface area contributed by atoms with E-state index in [1.165, 1.54) is 25.7 Å². The van der Waals surface area contributed by atoms with E-state index in [0.29, 0.717) is 18.5 Å². The van der Waals surface area contributed by atoms with Gasteiger partial charge in [0.15, 0.2) is 5.96 Å². The van der Waals surface area contributed by atoms with Crippen LogP contribution in [-0.2, 0) is 6.54 Å². The van der Waals surface area contributed by atoms with Crippen molar-refractivity contribution >= 4 is 29.9 Å². The van der Waals surface area contributed by atoms with Crippen LogP contribution in [0.5, 0.6) is 0 Å². The SMILES string of the molecule is Cc1nccn1-c1ncccc1CN=C(N)NC1CCCC1.I. The van der Waals surface area contributed by atoms with Crippen molar-refractivity contribution in [2.24, 2.45) is 10.7 Å². The topological polar surface area (TPSA) is 81.1 Å². The normalized spacial score (nSPS) is 15.4. The maximum Gasteiger partial charge on any atom is 0.189 e. The lowest BCUT2D eigenvalue weighted by atomic mass is 10.2. The van der Waals surface area contributed by atoms with Crippen LogP contribution in [0.4, 0.5) is 0 Å². The molecule has 1 aliphatic rings. The average molecular weight is 426 g/mol. The molecule has 124 valence electrons. The Morgan fingerprint density at radius 2 is 2.13 bits per heavy atom. The number of rotatable bonds is 4. The third kappa shape index (κ3) is 4.43. The third-order valence-electron chi connectivity index (χ3n) is 4.05. The van der Waals surface area contributed by atoms with E-state index in [4.69, 9.17) is 5.73 Å². The molecule has 1 fully saturated rings. The number of hydrogen-bond acceptors (Lipinski definition) is 3. The molecule has 0 aromatic carbocycles. The summed E-state index contributed by atoms with van der Waals surface area (Å²) in [6.07, 6.45) is 10.4. The van der Waals surface area contributed by atoms with Gasteiger partial charge in [-0.05, 0) is 25.8 Å². The second-order valence-electron chi connectivity index (χ2n) is 5.66. The smallest absolute Gasteiger partial charge is 0.189 e. The first kappa shape index (κ1) is 17.7. The molecule has 0 amide bonds. The summed E-state index contributed by atoms with van der Waals surface area (Å²) >= 11 is 0. The average Bonchev–Trinajstić information content (AvgIpc) is 3.17. The van der Waals surface area contributed by atoms with E-state index in [1.54, 1.807) is 12.4 Å². The number of aromatic nitrogens is 3. The van der Waals surface area contributed by atoms with Crippen LogP contribution in [0, 0.1) is 6.92 Å². The standard InChI is InChI=1S/C16H22N6.HI/c1-12-18-9-10-22(12)15-13(5-4-8-19-15)11-20-16(17)21-14-6-2-3-7-14;/h4-5,8-10,14H,2-3,6-7,11H2,1H3,(H3,17,20,21);1H. The molecule has 6 nitrogen and oxygen atoms in total. The molecule has 0 aliphatic heterocycles. The molecular weight excluding hydrogens is 403 g/mol. The molecule has 2 aromatic rings. The molecule has 0 atom stereocenters. The molecule has 23 heavy (non-hydrogen) atoms. The summed E-state index contributed by atoms with van der Waals surface area (Å²) in [5.41, 5.74) is 7.03. The number of nitrogens with two attached hydrogens (primary N) is 1. The highest BCUT2D eigenvalue weighted by molar-refractivity contribution is 14.0. The van der Waals surface area contributed by atoms with Crippen LogP contribution in [0.2, 0.25) is 0 Å². The summed E-state index contributed by atoms with van der Waals surface area (Å²) in [7, 11) is 0. The number of nitrogens with zero attached hydrogens (tertiary/aromatic N) is 4. The van der Waals surface area contributed by atoms with Crippen molar-refractivity contribution in [3.63, 3.8) is 0 Å². The summed E-state index contributed by atoms with van der Waals surface area (Å²) in [5, 5.41) is 3.30. The van der Waals surface area contributed by atoms with E-state index in [9.17, 15) is 0 Å². The maximum atomic E-state index is 6.00. The van der Waals surface area contributed by atoms with Gasteiger partial charge in [0.1, 0.15) is 11.6 Å². The van der Waals surface area contributed by atoms with E-state index < -0.39 is 0 Å². The number of aliphatic imine (C=N–C) groups is 1. The van der Waals surface area contributed by atoms with E-state index in [2.05, 4.69) is 20.3 Å². The number of nitrogens with one attached hydrogen (secondary N) is 1. The molecule has 7 heteroatoms. The van der Waals surface area contributed by atoms with Gasteiger partial charge in [-0.1, -0.05) is 18.9 Å². The first-order valence-electron chi connectivity index (χ1n) is 7.74. The van der Waals surface area contributed by atoms with Crippen molar-refractivity contribution in [2.45, 2.75) is 45.2 Å². The minimum absolute atomic E-state index is 0. The van der Waals surface area contributed by atoms with Crippen molar-refractivity contribution in [3.8, 4) is 5.82 Å². The van der Waals surface area contributed by atoms with Gasteiger partial charge in [-0.25, -0.2) is 15.0 Å². The minimum atomic E-state index is 0. The van der Waals surface area contributed by atoms with Crippen molar-refractivity contribution in [2.75, 3.05) is 0 Å². The molecule has 0 radical (unpaired) electrons. The van der Waals surface area contributed by atoms with Gasteiger partial charge in [0.25, 0.3) is 0 Å². The van der Waals surface area contributed by atoms with Gasteiger partial charge in [-0.15, -0.1) is 24.0 Å². The van der Waals surface area contributed by atoms with Crippen LogP contribution >= 0.6 is 24.0 Å². The minimum Gasteiger partial charge on any atom is -0.370 e. The van der Waals surface area contributed by atoms with Gasteiger partial charge in [0.2, 0.25) is 0 Å². The lowest BCUT2D eigenvalue weighted by molar-refractivity contribution is 0.625. The lowest BCUT2D eigenvalue weighted by Crippen LogP contribution is -2.38. The summed E-state index contributed by atoms with van der Waals surface area (Å²) < 4.78 is 1.96. The fourth-order valence-electron chi connectivity index (χ4n) is 2.87. The van der Waals surface area contributed by atoms with Crippen molar-refractivity contribution in [3.05, 3.63) is 42.1 Å².